The number of rotatable bonds is 7. The molecule has 2 aromatic carbocycles. The number of ether oxygens (including phenoxy) is 3. The van der Waals surface area contributed by atoms with E-state index in [2.05, 4.69) is 4.74 Å². The summed E-state index contributed by atoms with van der Waals surface area (Å²) in [6.45, 7) is 0.107. The third-order valence-corrected chi connectivity index (χ3v) is 3.21. The maximum Gasteiger partial charge on any atom is 0.573 e. The summed E-state index contributed by atoms with van der Waals surface area (Å²) >= 11 is 0. The highest BCUT2D eigenvalue weighted by Crippen LogP contribution is 2.37. The van der Waals surface area contributed by atoms with Crippen molar-refractivity contribution in [3.8, 4) is 22.6 Å². The van der Waals surface area contributed by atoms with Gasteiger partial charge in [-0.2, -0.15) is 0 Å². The average molecular weight is 342 g/mol. The lowest BCUT2D eigenvalue weighted by Gasteiger charge is -2.16. The molecular formula is C17H17F3O4. The van der Waals surface area contributed by atoms with E-state index in [1.165, 1.54) is 19.2 Å². The van der Waals surface area contributed by atoms with Crippen LogP contribution in [-0.2, 0) is 11.3 Å². The first-order chi connectivity index (χ1) is 11.4. The number of alkyl halides is 3. The molecule has 0 saturated heterocycles. The Hall–Kier alpha value is -2.25. The summed E-state index contributed by atoms with van der Waals surface area (Å²) in [5, 5.41) is 9.38. The van der Waals surface area contributed by atoms with Gasteiger partial charge in [-0.1, -0.05) is 30.3 Å². The Morgan fingerprint density at radius 1 is 1.00 bits per heavy atom. The molecule has 24 heavy (non-hydrogen) atoms. The van der Waals surface area contributed by atoms with Crippen LogP contribution in [0.15, 0.2) is 42.5 Å². The Morgan fingerprint density at radius 3 is 2.42 bits per heavy atom. The molecule has 0 radical (unpaired) electrons. The van der Waals surface area contributed by atoms with Crippen LogP contribution >= 0.6 is 0 Å². The van der Waals surface area contributed by atoms with Gasteiger partial charge in [0, 0.05) is 7.11 Å². The van der Waals surface area contributed by atoms with Crippen molar-refractivity contribution >= 4 is 0 Å². The van der Waals surface area contributed by atoms with Crippen LogP contribution in [0.25, 0.3) is 11.1 Å². The van der Waals surface area contributed by atoms with Gasteiger partial charge in [-0.15, -0.1) is 13.2 Å². The van der Waals surface area contributed by atoms with Crippen molar-refractivity contribution in [1.29, 1.82) is 0 Å². The summed E-state index contributed by atoms with van der Waals surface area (Å²) < 4.78 is 52.1. The number of aliphatic hydroxyl groups is 1. The zero-order chi connectivity index (χ0) is 17.6. The fraction of sp³-hybridized carbons (Fsp3) is 0.294. The second kappa shape index (κ2) is 8.03. The third-order valence-electron chi connectivity index (χ3n) is 3.21. The molecule has 0 aliphatic rings. The summed E-state index contributed by atoms with van der Waals surface area (Å²) in [6, 6.07) is 11.1. The maximum absolute atomic E-state index is 12.6. The van der Waals surface area contributed by atoms with E-state index in [1.807, 2.05) is 0 Å². The molecular weight excluding hydrogens is 325 g/mol. The highest BCUT2D eigenvalue weighted by atomic mass is 19.4. The quantitative estimate of drug-likeness (QED) is 0.778. The molecule has 4 nitrogen and oxygen atoms in total. The van der Waals surface area contributed by atoms with Crippen molar-refractivity contribution in [3.63, 3.8) is 0 Å². The smallest absolute Gasteiger partial charge is 0.487 e. The largest absolute Gasteiger partial charge is 0.573 e. The van der Waals surface area contributed by atoms with Gasteiger partial charge < -0.3 is 19.3 Å². The highest BCUT2D eigenvalue weighted by molar-refractivity contribution is 5.70. The lowest BCUT2D eigenvalue weighted by molar-refractivity contribution is -0.275. The van der Waals surface area contributed by atoms with Gasteiger partial charge in [0.05, 0.1) is 13.2 Å². The molecule has 0 atom stereocenters. The second-order valence-electron chi connectivity index (χ2n) is 4.87. The highest BCUT2D eigenvalue weighted by Gasteiger charge is 2.32. The first-order valence-electron chi connectivity index (χ1n) is 7.15. The number of benzene rings is 2. The Labute approximate surface area is 137 Å². The molecule has 2 rings (SSSR count). The zero-order valence-corrected chi connectivity index (χ0v) is 13.0. The van der Waals surface area contributed by atoms with Gasteiger partial charge in [-0.05, 0) is 28.8 Å². The first-order valence-corrected chi connectivity index (χ1v) is 7.15. The van der Waals surface area contributed by atoms with Crippen molar-refractivity contribution in [3.05, 3.63) is 48.0 Å². The zero-order valence-electron chi connectivity index (χ0n) is 13.0. The molecule has 0 unspecified atom stereocenters. The lowest BCUT2D eigenvalue weighted by Crippen LogP contribution is -2.18. The molecule has 0 spiro atoms. The lowest BCUT2D eigenvalue weighted by atomic mass is 10.00. The molecule has 0 aromatic heterocycles. The van der Waals surface area contributed by atoms with Crippen LogP contribution < -0.4 is 9.47 Å². The van der Waals surface area contributed by atoms with E-state index in [9.17, 15) is 18.3 Å². The monoisotopic (exact) mass is 342 g/mol. The van der Waals surface area contributed by atoms with Crippen LogP contribution in [0.2, 0.25) is 0 Å². The first kappa shape index (κ1) is 18.1. The average Bonchev–Trinajstić information content (AvgIpc) is 2.55. The molecule has 130 valence electrons. The third kappa shape index (κ3) is 4.87. The number of halogens is 3. The predicted octanol–water partition coefficient (Wildman–Crippen LogP) is 3.77. The van der Waals surface area contributed by atoms with Gasteiger partial charge in [0.1, 0.15) is 6.61 Å². The topological polar surface area (TPSA) is 47.9 Å². The Morgan fingerprint density at radius 2 is 1.75 bits per heavy atom. The fourth-order valence-corrected chi connectivity index (χ4v) is 2.17. The molecule has 2 aromatic rings. The minimum atomic E-state index is -4.84. The minimum Gasteiger partial charge on any atom is -0.487 e. The van der Waals surface area contributed by atoms with Crippen LogP contribution in [0.3, 0.4) is 0 Å². The summed E-state index contributed by atoms with van der Waals surface area (Å²) in [4.78, 5) is 0. The fourth-order valence-electron chi connectivity index (χ4n) is 2.17. The van der Waals surface area contributed by atoms with E-state index in [0.29, 0.717) is 16.7 Å². The molecule has 0 bridgehead atoms. The van der Waals surface area contributed by atoms with E-state index in [0.717, 1.165) is 0 Å². The van der Waals surface area contributed by atoms with Gasteiger partial charge >= 0.3 is 6.36 Å². The number of methoxy groups -OCH3 is 1. The van der Waals surface area contributed by atoms with Crippen LogP contribution in [0, 0.1) is 0 Å². The van der Waals surface area contributed by atoms with Gasteiger partial charge in [0.2, 0.25) is 0 Å². The van der Waals surface area contributed by atoms with Crippen molar-refractivity contribution in [2.45, 2.75) is 13.0 Å². The summed E-state index contributed by atoms with van der Waals surface area (Å²) in [5.74, 6) is -0.474. The number of hydrogen-bond acceptors (Lipinski definition) is 4. The van der Waals surface area contributed by atoms with Crippen molar-refractivity contribution in [2.24, 2.45) is 0 Å². The SMILES string of the molecule is COCCOc1ccc(-c2ccccc2CO)cc1OC(F)(F)F. The van der Waals surface area contributed by atoms with E-state index in [-0.39, 0.29) is 25.6 Å². The Balaban J connectivity index is 2.39. The minimum absolute atomic E-state index is 0.0328. The van der Waals surface area contributed by atoms with E-state index in [4.69, 9.17) is 9.47 Å². The number of aliphatic hydroxyl groups excluding tert-OH is 1. The van der Waals surface area contributed by atoms with Gasteiger partial charge in [0.15, 0.2) is 11.5 Å². The summed E-state index contributed by atoms with van der Waals surface area (Å²) in [7, 11) is 1.46. The predicted molar refractivity (Wildman–Crippen MR) is 81.9 cm³/mol. The Bertz CT molecular complexity index is 671. The molecule has 0 amide bonds. The van der Waals surface area contributed by atoms with Gasteiger partial charge in [-0.25, -0.2) is 0 Å². The van der Waals surface area contributed by atoms with Gasteiger partial charge in [0.25, 0.3) is 0 Å². The molecule has 0 aliphatic carbocycles. The summed E-state index contributed by atoms with van der Waals surface area (Å²) in [6.07, 6.45) is -4.84. The van der Waals surface area contributed by atoms with E-state index >= 15 is 0 Å². The molecule has 0 aliphatic heterocycles. The Kier molecular flexibility index (Phi) is 6.05. The molecule has 7 heteroatoms. The molecule has 1 N–H and O–H groups in total. The van der Waals surface area contributed by atoms with Crippen LogP contribution in [0.1, 0.15) is 5.56 Å². The van der Waals surface area contributed by atoms with Crippen LogP contribution in [0.4, 0.5) is 13.2 Å². The standard InChI is InChI=1S/C17H17F3O4/c1-22-8-9-23-15-7-6-12(10-16(15)24-17(18,19)20)14-5-3-2-4-13(14)11-21/h2-7,10,21H,8-9,11H2,1H3. The summed E-state index contributed by atoms with van der Waals surface area (Å²) in [5.41, 5.74) is 1.71. The van der Waals surface area contributed by atoms with Crippen molar-refractivity contribution in [1.82, 2.24) is 0 Å². The van der Waals surface area contributed by atoms with Gasteiger partial charge in [-0.3, -0.25) is 0 Å². The second-order valence-corrected chi connectivity index (χ2v) is 4.87. The molecule has 0 saturated carbocycles. The van der Waals surface area contributed by atoms with E-state index in [1.54, 1.807) is 30.3 Å². The maximum atomic E-state index is 12.6. The van der Waals surface area contributed by atoms with E-state index < -0.39 is 12.1 Å². The van der Waals surface area contributed by atoms with Crippen molar-refractivity contribution in [2.75, 3.05) is 20.3 Å². The molecule has 0 heterocycles. The molecule has 0 fully saturated rings. The van der Waals surface area contributed by atoms with Crippen molar-refractivity contribution < 1.29 is 32.5 Å². The normalized spacial score (nSPS) is 11.4. The number of hydrogen-bond donors (Lipinski definition) is 1. The van der Waals surface area contributed by atoms with Crippen LogP contribution in [-0.4, -0.2) is 31.8 Å². The van der Waals surface area contributed by atoms with Crippen LogP contribution in [0.5, 0.6) is 11.5 Å².